The van der Waals surface area contributed by atoms with Crippen LogP contribution in [-0.2, 0) is 33.5 Å². The van der Waals surface area contributed by atoms with E-state index < -0.39 is 15.7 Å². The smallest absolute Gasteiger partial charge is 0.191 e. The van der Waals surface area contributed by atoms with Crippen LogP contribution in [0.4, 0.5) is 4.39 Å². The van der Waals surface area contributed by atoms with Gasteiger partial charge in [0.05, 0.1) is 19.0 Å². The Morgan fingerprint density at radius 3 is 2.54 bits per heavy atom. The first-order chi connectivity index (χ1) is 13.4. The molecule has 8 heteroatoms. The molecule has 0 saturated heterocycles. The molecule has 0 aliphatic heterocycles. The van der Waals surface area contributed by atoms with Gasteiger partial charge in [-0.05, 0) is 28.8 Å². The van der Waals surface area contributed by atoms with Crippen molar-refractivity contribution in [3.63, 3.8) is 0 Å². The second-order valence-electron chi connectivity index (χ2n) is 6.37. The van der Waals surface area contributed by atoms with E-state index in [0.717, 1.165) is 11.8 Å². The number of benzene rings is 2. The van der Waals surface area contributed by atoms with Crippen molar-refractivity contribution in [3.05, 3.63) is 71.0 Å². The Bertz CT molecular complexity index is 887. The zero-order valence-corrected chi connectivity index (χ0v) is 16.9. The number of nitrogens with one attached hydrogen (secondary N) is 2. The normalized spacial score (nSPS) is 12.0. The van der Waals surface area contributed by atoms with Gasteiger partial charge in [-0.25, -0.2) is 12.8 Å². The summed E-state index contributed by atoms with van der Waals surface area (Å²) in [7, 11) is -1.58. The highest BCUT2D eigenvalue weighted by atomic mass is 32.2. The largest absolute Gasteiger partial charge is 0.375 e. The van der Waals surface area contributed by atoms with Gasteiger partial charge in [-0.2, -0.15) is 0 Å². The number of nitrogens with zero attached hydrogens (tertiary/aromatic N) is 1. The second kappa shape index (κ2) is 10.8. The summed E-state index contributed by atoms with van der Waals surface area (Å²) in [4.78, 5) is 4.11. The van der Waals surface area contributed by atoms with Gasteiger partial charge in [-0.1, -0.05) is 36.4 Å². The maximum Gasteiger partial charge on any atom is 0.191 e. The maximum atomic E-state index is 13.6. The van der Waals surface area contributed by atoms with Crippen LogP contribution in [0.25, 0.3) is 0 Å². The summed E-state index contributed by atoms with van der Waals surface area (Å²) in [6, 6.07) is 14.0. The number of ether oxygens (including phenoxy) is 1. The molecule has 0 unspecified atom stereocenters. The first-order valence-electron chi connectivity index (χ1n) is 8.88. The summed E-state index contributed by atoms with van der Waals surface area (Å²) in [6.45, 7) is 1.83. The molecule has 0 atom stereocenters. The van der Waals surface area contributed by atoms with Crippen LogP contribution in [0, 0.1) is 5.82 Å². The molecule has 0 bridgehead atoms. The zero-order chi connectivity index (χ0) is 20.4. The monoisotopic (exact) mass is 407 g/mol. The van der Waals surface area contributed by atoms with E-state index in [1.807, 2.05) is 30.3 Å². The molecule has 0 radical (unpaired) electrons. The Balaban J connectivity index is 1.81. The van der Waals surface area contributed by atoms with E-state index in [-0.39, 0.29) is 12.3 Å². The van der Waals surface area contributed by atoms with Gasteiger partial charge in [0.15, 0.2) is 15.8 Å². The topological polar surface area (TPSA) is 79.8 Å². The molecule has 28 heavy (non-hydrogen) atoms. The predicted molar refractivity (Wildman–Crippen MR) is 109 cm³/mol. The standard InChI is InChI=1S/C20H26FN3O3S/c1-22-20(23-10-11-27-14-16-6-4-3-5-7-16)24-13-18-12-19(21)9-8-17(18)15-28(2,25)26/h3-9,12H,10-11,13-15H2,1-2H3,(H2,22,23,24). The van der Waals surface area contributed by atoms with Crippen molar-refractivity contribution in [3.8, 4) is 0 Å². The summed E-state index contributed by atoms with van der Waals surface area (Å²) in [5.74, 6) is -0.0203. The van der Waals surface area contributed by atoms with Gasteiger partial charge in [0.25, 0.3) is 0 Å². The summed E-state index contributed by atoms with van der Waals surface area (Å²) in [5, 5.41) is 6.18. The molecule has 0 aromatic heterocycles. The van der Waals surface area contributed by atoms with E-state index >= 15 is 0 Å². The summed E-state index contributed by atoms with van der Waals surface area (Å²) in [6.07, 6.45) is 1.16. The third-order valence-corrected chi connectivity index (χ3v) is 4.74. The van der Waals surface area contributed by atoms with Crippen LogP contribution in [0.1, 0.15) is 16.7 Å². The number of rotatable bonds is 9. The van der Waals surface area contributed by atoms with E-state index in [1.54, 1.807) is 7.05 Å². The molecule has 2 rings (SSSR count). The molecule has 0 heterocycles. The van der Waals surface area contributed by atoms with Crippen LogP contribution < -0.4 is 10.6 Å². The van der Waals surface area contributed by atoms with Crippen LogP contribution in [0.2, 0.25) is 0 Å². The van der Waals surface area contributed by atoms with Crippen LogP contribution >= 0.6 is 0 Å². The van der Waals surface area contributed by atoms with Crippen molar-refractivity contribution < 1.29 is 17.5 Å². The molecular formula is C20H26FN3O3S. The van der Waals surface area contributed by atoms with Gasteiger partial charge < -0.3 is 15.4 Å². The number of hydrogen-bond acceptors (Lipinski definition) is 4. The second-order valence-corrected chi connectivity index (χ2v) is 8.51. The highest BCUT2D eigenvalue weighted by Crippen LogP contribution is 2.14. The fourth-order valence-corrected chi connectivity index (χ4v) is 3.43. The van der Waals surface area contributed by atoms with Crippen molar-refractivity contribution in [2.75, 3.05) is 26.5 Å². The molecule has 2 N–H and O–H groups in total. The van der Waals surface area contributed by atoms with E-state index in [4.69, 9.17) is 4.74 Å². The zero-order valence-electron chi connectivity index (χ0n) is 16.1. The molecule has 152 valence electrons. The van der Waals surface area contributed by atoms with Crippen molar-refractivity contribution in [1.82, 2.24) is 10.6 Å². The molecular weight excluding hydrogens is 381 g/mol. The number of halogens is 1. The molecule has 0 spiro atoms. The van der Waals surface area contributed by atoms with Crippen molar-refractivity contribution >= 4 is 15.8 Å². The Hall–Kier alpha value is -2.45. The third-order valence-electron chi connectivity index (χ3n) is 3.91. The van der Waals surface area contributed by atoms with Crippen LogP contribution in [0.3, 0.4) is 0 Å². The van der Waals surface area contributed by atoms with Gasteiger partial charge >= 0.3 is 0 Å². The third kappa shape index (κ3) is 8.06. The maximum absolute atomic E-state index is 13.6. The van der Waals surface area contributed by atoms with Gasteiger partial charge in [0.2, 0.25) is 0 Å². The minimum atomic E-state index is -3.21. The lowest BCUT2D eigenvalue weighted by atomic mass is 10.1. The first-order valence-corrected chi connectivity index (χ1v) is 10.9. The molecule has 2 aromatic carbocycles. The Labute approximate surface area is 165 Å². The van der Waals surface area contributed by atoms with Gasteiger partial charge in [0, 0.05) is 26.4 Å². The lowest BCUT2D eigenvalue weighted by molar-refractivity contribution is 0.125. The van der Waals surface area contributed by atoms with Gasteiger partial charge in [-0.15, -0.1) is 0 Å². The Morgan fingerprint density at radius 1 is 1.11 bits per heavy atom. The minimum Gasteiger partial charge on any atom is -0.375 e. The number of aliphatic imine (C=N–C) groups is 1. The summed E-state index contributed by atoms with van der Waals surface area (Å²) < 4.78 is 42.3. The summed E-state index contributed by atoms with van der Waals surface area (Å²) in [5.41, 5.74) is 2.25. The molecule has 0 aliphatic carbocycles. The van der Waals surface area contributed by atoms with E-state index in [1.165, 1.54) is 18.2 Å². The average molecular weight is 408 g/mol. The van der Waals surface area contributed by atoms with Gasteiger partial charge in [-0.3, -0.25) is 4.99 Å². The number of sulfone groups is 1. The van der Waals surface area contributed by atoms with Crippen molar-refractivity contribution in [1.29, 1.82) is 0 Å². The molecule has 0 saturated carbocycles. The average Bonchev–Trinajstić information content (AvgIpc) is 2.65. The Kier molecular flexibility index (Phi) is 8.41. The highest BCUT2D eigenvalue weighted by molar-refractivity contribution is 7.89. The molecule has 6 nitrogen and oxygen atoms in total. The fraction of sp³-hybridized carbons (Fsp3) is 0.350. The van der Waals surface area contributed by atoms with E-state index in [0.29, 0.717) is 36.8 Å². The highest BCUT2D eigenvalue weighted by Gasteiger charge is 2.11. The molecule has 0 fully saturated rings. The number of guanidine groups is 1. The van der Waals surface area contributed by atoms with Crippen LogP contribution in [-0.4, -0.2) is 40.8 Å². The first kappa shape index (κ1) is 21.8. The van der Waals surface area contributed by atoms with Crippen molar-refractivity contribution in [2.24, 2.45) is 4.99 Å². The quantitative estimate of drug-likeness (QED) is 0.379. The molecule has 2 aromatic rings. The van der Waals surface area contributed by atoms with Crippen LogP contribution in [0.15, 0.2) is 53.5 Å². The lowest BCUT2D eigenvalue weighted by Crippen LogP contribution is -2.38. The van der Waals surface area contributed by atoms with E-state index in [2.05, 4.69) is 15.6 Å². The SMILES string of the molecule is CN=C(NCCOCc1ccccc1)NCc1cc(F)ccc1CS(C)(=O)=O. The summed E-state index contributed by atoms with van der Waals surface area (Å²) >= 11 is 0. The number of hydrogen-bond donors (Lipinski definition) is 2. The Morgan fingerprint density at radius 2 is 1.86 bits per heavy atom. The van der Waals surface area contributed by atoms with E-state index in [9.17, 15) is 12.8 Å². The van der Waals surface area contributed by atoms with Crippen molar-refractivity contribution in [2.45, 2.75) is 18.9 Å². The predicted octanol–water partition coefficient (Wildman–Crippen LogP) is 2.25. The minimum absolute atomic E-state index is 0.135. The molecule has 0 amide bonds. The lowest BCUT2D eigenvalue weighted by Gasteiger charge is -2.14. The fourth-order valence-electron chi connectivity index (χ4n) is 2.59. The van der Waals surface area contributed by atoms with Gasteiger partial charge in [0.1, 0.15) is 5.82 Å². The molecule has 0 aliphatic rings. The van der Waals surface area contributed by atoms with Crippen LogP contribution in [0.5, 0.6) is 0 Å².